The lowest BCUT2D eigenvalue weighted by atomic mass is 9.58. The number of amides is 1. The summed E-state index contributed by atoms with van der Waals surface area (Å²) in [6.07, 6.45) is -0.331. The van der Waals surface area contributed by atoms with Gasteiger partial charge in [-0.05, 0) is 61.9 Å². The maximum atomic E-state index is 13.8. The molecule has 1 saturated carbocycles. The first kappa shape index (κ1) is 28.5. The van der Waals surface area contributed by atoms with Crippen molar-refractivity contribution in [2.24, 2.45) is 13.0 Å². The second-order valence-electron chi connectivity index (χ2n) is 11.0. The van der Waals surface area contributed by atoms with Crippen molar-refractivity contribution < 1.29 is 22.4 Å². The van der Waals surface area contributed by atoms with E-state index in [2.05, 4.69) is 27.8 Å². The van der Waals surface area contributed by atoms with E-state index in [-0.39, 0.29) is 24.1 Å². The predicted molar refractivity (Wildman–Crippen MR) is 138 cm³/mol. The van der Waals surface area contributed by atoms with Crippen molar-refractivity contribution in [2.45, 2.75) is 64.0 Å². The van der Waals surface area contributed by atoms with E-state index in [1.807, 2.05) is 17.7 Å². The Kier molecular flexibility index (Phi) is 7.70. The third-order valence-electron chi connectivity index (χ3n) is 6.82. The van der Waals surface area contributed by atoms with Gasteiger partial charge < -0.3 is 19.8 Å². The Morgan fingerprint density at radius 2 is 1.90 bits per heavy atom. The fourth-order valence-corrected chi connectivity index (χ4v) is 5.26. The number of alkyl halides is 4. The van der Waals surface area contributed by atoms with Gasteiger partial charge in [0.25, 0.3) is 11.5 Å². The van der Waals surface area contributed by atoms with Crippen LogP contribution in [0.5, 0.6) is 0 Å². The molecule has 210 valence electrons. The summed E-state index contributed by atoms with van der Waals surface area (Å²) in [5.41, 5.74) is -1.90. The number of carbonyl (C=O) groups excluding carboxylic acids is 1. The minimum atomic E-state index is -4.67. The van der Waals surface area contributed by atoms with Crippen LogP contribution in [0.25, 0.3) is 0 Å². The molecule has 3 aromatic rings. The molecule has 0 atom stereocenters. The summed E-state index contributed by atoms with van der Waals surface area (Å²) < 4.78 is 55.7. The van der Waals surface area contributed by atoms with Crippen LogP contribution in [-0.4, -0.2) is 43.6 Å². The van der Waals surface area contributed by atoms with E-state index in [1.165, 1.54) is 19.9 Å². The number of aryl methyl sites for hydroxylation is 1. The van der Waals surface area contributed by atoms with E-state index < -0.39 is 35.4 Å². The monoisotopic (exact) mass is 548 g/mol. The molecule has 1 amide bonds. The fourth-order valence-electron chi connectivity index (χ4n) is 5.26. The molecular formula is C27H32F4N6O2. The smallest absolute Gasteiger partial charge is 0.322 e. The lowest BCUT2D eigenvalue weighted by molar-refractivity contribution is -0.141. The van der Waals surface area contributed by atoms with E-state index in [0.717, 1.165) is 30.4 Å². The van der Waals surface area contributed by atoms with E-state index in [0.29, 0.717) is 16.2 Å². The molecular weight excluding hydrogens is 516 g/mol. The van der Waals surface area contributed by atoms with E-state index in [4.69, 9.17) is 0 Å². The Bertz CT molecular complexity index is 1400. The van der Waals surface area contributed by atoms with Crippen molar-refractivity contribution in [3.63, 3.8) is 0 Å². The van der Waals surface area contributed by atoms with Gasteiger partial charge in [0, 0.05) is 32.0 Å². The number of hydrogen-bond donors (Lipinski definition) is 2. The summed E-state index contributed by atoms with van der Waals surface area (Å²) in [5, 5.41) is 13.8. The molecule has 8 nitrogen and oxygen atoms in total. The summed E-state index contributed by atoms with van der Waals surface area (Å²) in [6.45, 7) is 3.21. The van der Waals surface area contributed by atoms with Crippen LogP contribution in [0.1, 0.15) is 60.9 Å². The number of carbonyl (C=O) groups is 1. The largest absolute Gasteiger partial charge is 0.406 e. The number of hydrogen-bond acceptors (Lipinski definition) is 5. The molecule has 1 aliphatic rings. The van der Waals surface area contributed by atoms with Gasteiger partial charge in [-0.15, -0.1) is 10.2 Å². The number of benzene rings is 1. The van der Waals surface area contributed by atoms with Gasteiger partial charge in [-0.1, -0.05) is 19.1 Å². The maximum absolute atomic E-state index is 13.8. The average molecular weight is 549 g/mol. The third-order valence-corrected chi connectivity index (χ3v) is 6.82. The molecule has 1 fully saturated rings. The van der Waals surface area contributed by atoms with Crippen LogP contribution < -0.4 is 16.2 Å². The number of pyridine rings is 1. The van der Waals surface area contributed by atoms with Gasteiger partial charge in [0.2, 0.25) is 0 Å². The van der Waals surface area contributed by atoms with Crippen molar-refractivity contribution in [3.8, 4) is 0 Å². The van der Waals surface area contributed by atoms with Gasteiger partial charge >= 0.3 is 6.18 Å². The quantitative estimate of drug-likeness (QED) is 0.388. The molecule has 4 rings (SSSR count). The zero-order chi connectivity index (χ0) is 28.6. The number of nitrogens with one attached hydrogen (secondary N) is 2. The first-order valence-corrected chi connectivity index (χ1v) is 12.6. The Labute approximate surface area is 223 Å². The topological polar surface area (TPSA) is 93.8 Å². The molecule has 2 heterocycles. The van der Waals surface area contributed by atoms with Crippen LogP contribution in [0, 0.1) is 5.92 Å². The summed E-state index contributed by atoms with van der Waals surface area (Å²) in [6, 6.07) is 8.39. The van der Waals surface area contributed by atoms with Gasteiger partial charge in [0.1, 0.15) is 29.9 Å². The van der Waals surface area contributed by atoms with Gasteiger partial charge in [-0.2, -0.15) is 13.2 Å². The van der Waals surface area contributed by atoms with Crippen LogP contribution in [0.3, 0.4) is 0 Å². The summed E-state index contributed by atoms with van der Waals surface area (Å²) in [7, 11) is 1.87. The molecule has 0 saturated heterocycles. The van der Waals surface area contributed by atoms with E-state index >= 15 is 0 Å². The highest BCUT2D eigenvalue weighted by molar-refractivity contribution is 6.04. The minimum Gasteiger partial charge on any atom is -0.322 e. The molecule has 0 unspecified atom stereocenters. The van der Waals surface area contributed by atoms with Gasteiger partial charge in [0.15, 0.2) is 0 Å². The third kappa shape index (κ3) is 6.55. The molecule has 1 aliphatic carbocycles. The Balaban J connectivity index is 1.63. The standard InChI is InChI=1S/C27H32F4N6O2/c1-17-10-26(11-17,24-35-33-16-36(24)4)19-6-5-7-20(9-19)34-22(38)21-8-18(12-32-14-25(2,3)28)13-37(23(21)39)15-27(29,30)31/h5-9,13,16-17,32H,10-12,14-15H2,1-4H3,(H,34,38). The van der Waals surface area contributed by atoms with Gasteiger partial charge in [-0.3, -0.25) is 9.59 Å². The molecule has 0 radical (unpaired) electrons. The highest BCUT2D eigenvalue weighted by Gasteiger charge is 2.48. The lowest BCUT2D eigenvalue weighted by Gasteiger charge is -2.46. The number of anilines is 1. The molecule has 2 aromatic heterocycles. The molecule has 12 heteroatoms. The number of nitrogens with zero attached hydrogens (tertiary/aromatic N) is 4. The number of rotatable bonds is 9. The van der Waals surface area contributed by atoms with Gasteiger partial charge in [0.05, 0.1) is 5.41 Å². The molecule has 0 spiro atoms. The summed E-state index contributed by atoms with van der Waals surface area (Å²) in [5.74, 6) is 0.428. The number of aromatic nitrogens is 4. The molecule has 2 N–H and O–H groups in total. The van der Waals surface area contributed by atoms with Crippen molar-refractivity contribution in [3.05, 3.63) is 75.7 Å². The Hall–Kier alpha value is -3.54. The predicted octanol–water partition coefficient (Wildman–Crippen LogP) is 4.35. The van der Waals surface area contributed by atoms with Crippen molar-refractivity contribution in [1.29, 1.82) is 0 Å². The zero-order valence-corrected chi connectivity index (χ0v) is 22.3. The van der Waals surface area contributed by atoms with Crippen molar-refractivity contribution in [2.75, 3.05) is 11.9 Å². The van der Waals surface area contributed by atoms with Crippen LogP contribution in [0.4, 0.5) is 23.2 Å². The zero-order valence-electron chi connectivity index (χ0n) is 22.3. The molecule has 0 aliphatic heterocycles. The first-order valence-electron chi connectivity index (χ1n) is 12.6. The van der Waals surface area contributed by atoms with Crippen molar-refractivity contribution in [1.82, 2.24) is 24.6 Å². The summed E-state index contributed by atoms with van der Waals surface area (Å²) >= 11 is 0. The number of halogens is 4. The minimum absolute atomic E-state index is 0.0281. The molecule has 0 bridgehead atoms. The SMILES string of the molecule is CC1CC(c2cccc(NC(=O)c3cc(CNCC(C)(C)F)cn(CC(F)(F)F)c3=O)c2)(c2nncn2C)C1. The average Bonchev–Trinajstić information content (AvgIpc) is 3.23. The Morgan fingerprint density at radius 1 is 1.18 bits per heavy atom. The first-order chi connectivity index (χ1) is 18.2. The Morgan fingerprint density at radius 3 is 2.49 bits per heavy atom. The summed E-state index contributed by atoms with van der Waals surface area (Å²) in [4.78, 5) is 26.1. The molecule has 1 aromatic carbocycles. The van der Waals surface area contributed by atoms with E-state index in [1.54, 1.807) is 24.5 Å². The van der Waals surface area contributed by atoms with Crippen LogP contribution in [-0.2, 0) is 25.6 Å². The second kappa shape index (κ2) is 10.6. The van der Waals surface area contributed by atoms with Crippen molar-refractivity contribution >= 4 is 11.6 Å². The second-order valence-corrected chi connectivity index (χ2v) is 11.0. The van der Waals surface area contributed by atoms with Crippen LogP contribution >= 0.6 is 0 Å². The normalized spacial score (nSPS) is 19.5. The van der Waals surface area contributed by atoms with E-state index in [9.17, 15) is 27.2 Å². The lowest BCUT2D eigenvalue weighted by Crippen LogP contribution is -2.43. The highest BCUT2D eigenvalue weighted by atomic mass is 19.4. The molecule has 39 heavy (non-hydrogen) atoms. The van der Waals surface area contributed by atoms with Crippen LogP contribution in [0.15, 0.2) is 47.7 Å². The van der Waals surface area contributed by atoms with Gasteiger partial charge in [-0.25, -0.2) is 4.39 Å². The maximum Gasteiger partial charge on any atom is 0.406 e. The van der Waals surface area contributed by atoms with Crippen LogP contribution in [0.2, 0.25) is 0 Å². The highest BCUT2D eigenvalue weighted by Crippen LogP contribution is 2.51. The fraction of sp³-hybridized carbons (Fsp3) is 0.481.